The zero-order valence-electron chi connectivity index (χ0n) is 12.6. The summed E-state index contributed by atoms with van der Waals surface area (Å²) in [6.45, 7) is 1.27. The largest absolute Gasteiger partial charge is 0.452 e. The molecule has 1 N–H and O–H groups in total. The van der Waals surface area contributed by atoms with E-state index in [0.29, 0.717) is 16.3 Å². The van der Waals surface area contributed by atoms with Crippen molar-refractivity contribution < 1.29 is 19.2 Å². The minimum Gasteiger partial charge on any atom is -0.452 e. The van der Waals surface area contributed by atoms with Gasteiger partial charge in [-0.3, -0.25) is 14.9 Å². The van der Waals surface area contributed by atoms with E-state index in [-0.39, 0.29) is 11.3 Å². The highest BCUT2D eigenvalue weighted by Crippen LogP contribution is 2.22. The lowest BCUT2D eigenvalue weighted by Crippen LogP contribution is -2.21. The summed E-state index contributed by atoms with van der Waals surface area (Å²) in [5, 5.41) is 13.7. The minimum absolute atomic E-state index is 0.118. The van der Waals surface area contributed by atoms with Crippen molar-refractivity contribution in [2.24, 2.45) is 0 Å². The maximum Gasteiger partial charge on any atom is 0.338 e. The van der Waals surface area contributed by atoms with E-state index in [9.17, 15) is 19.7 Å². The number of hydrogen-bond acceptors (Lipinski definition) is 5. The Balaban J connectivity index is 1.92. The molecule has 0 aliphatic heterocycles. The van der Waals surface area contributed by atoms with Gasteiger partial charge < -0.3 is 10.1 Å². The van der Waals surface area contributed by atoms with Gasteiger partial charge in [-0.05, 0) is 36.8 Å². The van der Waals surface area contributed by atoms with Gasteiger partial charge in [0.2, 0.25) is 0 Å². The maximum atomic E-state index is 11.8. The molecule has 8 heteroatoms. The molecule has 0 aliphatic carbocycles. The van der Waals surface area contributed by atoms with Crippen molar-refractivity contribution in [2.75, 3.05) is 11.9 Å². The Morgan fingerprint density at radius 2 is 1.88 bits per heavy atom. The second-order valence-electron chi connectivity index (χ2n) is 4.84. The Morgan fingerprint density at radius 1 is 1.21 bits per heavy atom. The SMILES string of the molecule is Cc1c(Cl)cccc1NC(=O)COC(=O)c1ccc([N+](=O)[O-])cc1. The monoisotopic (exact) mass is 348 g/mol. The second-order valence-corrected chi connectivity index (χ2v) is 5.25. The number of ether oxygens (including phenoxy) is 1. The van der Waals surface area contributed by atoms with Gasteiger partial charge in [0.25, 0.3) is 11.6 Å². The number of carbonyl (C=O) groups excluding carboxylic acids is 2. The van der Waals surface area contributed by atoms with Gasteiger partial charge in [-0.1, -0.05) is 17.7 Å². The van der Waals surface area contributed by atoms with Crippen LogP contribution in [0.15, 0.2) is 42.5 Å². The van der Waals surface area contributed by atoms with E-state index < -0.39 is 23.4 Å². The summed E-state index contributed by atoms with van der Waals surface area (Å²) in [5.41, 5.74) is 1.21. The number of halogens is 1. The van der Waals surface area contributed by atoms with E-state index in [4.69, 9.17) is 16.3 Å². The third-order valence-electron chi connectivity index (χ3n) is 3.19. The molecule has 0 radical (unpaired) electrons. The molecule has 124 valence electrons. The fourth-order valence-corrected chi connectivity index (χ4v) is 2.04. The summed E-state index contributed by atoms with van der Waals surface area (Å²) in [6.07, 6.45) is 0. The normalized spacial score (nSPS) is 10.1. The lowest BCUT2D eigenvalue weighted by Gasteiger charge is -2.10. The van der Waals surface area contributed by atoms with Crippen LogP contribution in [0.4, 0.5) is 11.4 Å². The van der Waals surface area contributed by atoms with Gasteiger partial charge in [0.05, 0.1) is 10.5 Å². The number of non-ortho nitro benzene ring substituents is 1. The number of nitrogens with zero attached hydrogens (tertiary/aromatic N) is 1. The topological polar surface area (TPSA) is 98.5 Å². The number of nitro benzene ring substituents is 1. The molecule has 1 amide bonds. The number of amides is 1. The summed E-state index contributed by atoms with van der Waals surface area (Å²) in [4.78, 5) is 33.6. The molecule has 0 fully saturated rings. The fraction of sp³-hybridized carbons (Fsp3) is 0.125. The number of anilines is 1. The van der Waals surface area contributed by atoms with Crippen LogP contribution in [0.5, 0.6) is 0 Å². The van der Waals surface area contributed by atoms with Crippen LogP contribution in [0.25, 0.3) is 0 Å². The van der Waals surface area contributed by atoms with E-state index in [1.54, 1.807) is 25.1 Å². The van der Waals surface area contributed by atoms with Crippen molar-refractivity contribution in [3.63, 3.8) is 0 Å². The predicted molar refractivity (Wildman–Crippen MR) is 88.2 cm³/mol. The van der Waals surface area contributed by atoms with E-state index >= 15 is 0 Å². The van der Waals surface area contributed by atoms with Crippen molar-refractivity contribution in [3.8, 4) is 0 Å². The first-order valence-electron chi connectivity index (χ1n) is 6.85. The number of nitro groups is 1. The van der Waals surface area contributed by atoms with E-state index in [2.05, 4.69) is 5.32 Å². The summed E-state index contributed by atoms with van der Waals surface area (Å²) in [7, 11) is 0. The van der Waals surface area contributed by atoms with Crippen molar-refractivity contribution >= 4 is 34.9 Å². The van der Waals surface area contributed by atoms with Crippen LogP contribution >= 0.6 is 11.6 Å². The number of esters is 1. The molecule has 0 saturated carbocycles. The van der Waals surface area contributed by atoms with Crippen LogP contribution in [-0.4, -0.2) is 23.4 Å². The fourth-order valence-electron chi connectivity index (χ4n) is 1.86. The quantitative estimate of drug-likeness (QED) is 0.507. The van der Waals surface area contributed by atoms with Gasteiger partial charge in [0.1, 0.15) is 0 Å². The van der Waals surface area contributed by atoms with Crippen molar-refractivity contribution in [1.82, 2.24) is 0 Å². The number of hydrogen-bond donors (Lipinski definition) is 1. The third kappa shape index (κ3) is 4.30. The highest BCUT2D eigenvalue weighted by Gasteiger charge is 2.13. The molecule has 2 aromatic rings. The van der Waals surface area contributed by atoms with Crippen LogP contribution < -0.4 is 5.32 Å². The van der Waals surface area contributed by atoms with Crippen molar-refractivity contribution in [3.05, 3.63) is 68.7 Å². The number of nitrogens with one attached hydrogen (secondary N) is 1. The van der Waals surface area contributed by atoms with Crippen LogP contribution in [0.3, 0.4) is 0 Å². The minimum atomic E-state index is -0.747. The van der Waals surface area contributed by atoms with E-state index in [1.807, 2.05) is 0 Å². The Hall–Kier alpha value is -2.93. The van der Waals surface area contributed by atoms with Crippen LogP contribution in [-0.2, 0) is 9.53 Å². The number of carbonyl (C=O) groups is 2. The van der Waals surface area contributed by atoms with Gasteiger partial charge in [0.15, 0.2) is 6.61 Å². The van der Waals surface area contributed by atoms with Crippen LogP contribution in [0, 0.1) is 17.0 Å². The molecule has 0 saturated heterocycles. The highest BCUT2D eigenvalue weighted by molar-refractivity contribution is 6.31. The van der Waals surface area contributed by atoms with Gasteiger partial charge >= 0.3 is 5.97 Å². The Morgan fingerprint density at radius 3 is 2.50 bits per heavy atom. The molecule has 2 aromatic carbocycles. The first-order valence-corrected chi connectivity index (χ1v) is 7.23. The summed E-state index contributed by atoms with van der Waals surface area (Å²) in [5.74, 6) is -1.27. The summed E-state index contributed by atoms with van der Waals surface area (Å²) in [6, 6.07) is 9.96. The number of rotatable bonds is 5. The lowest BCUT2D eigenvalue weighted by molar-refractivity contribution is -0.384. The highest BCUT2D eigenvalue weighted by atomic mass is 35.5. The molecule has 0 heterocycles. The average Bonchev–Trinajstić information content (AvgIpc) is 2.57. The Bertz CT molecular complexity index is 790. The zero-order valence-corrected chi connectivity index (χ0v) is 13.4. The van der Waals surface area contributed by atoms with E-state index in [1.165, 1.54) is 24.3 Å². The van der Waals surface area contributed by atoms with Crippen LogP contribution in [0.2, 0.25) is 5.02 Å². The first kappa shape index (κ1) is 17.4. The molecule has 24 heavy (non-hydrogen) atoms. The van der Waals surface area contributed by atoms with Crippen molar-refractivity contribution in [2.45, 2.75) is 6.92 Å². The van der Waals surface area contributed by atoms with Crippen LogP contribution in [0.1, 0.15) is 15.9 Å². The summed E-state index contributed by atoms with van der Waals surface area (Å²) >= 11 is 5.96. The van der Waals surface area contributed by atoms with E-state index in [0.717, 1.165) is 0 Å². The Kier molecular flexibility index (Phi) is 5.49. The average molecular weight is 349 g/mol. The molecule has 0 unspecified atom stereocenters. The van der Waals surface area contributed by atoms with Gasteiger partial charge in [-0.25, -0.2) is 4.79 Å². The Labute approximate surface area is 142 Å². The van der Waals surface area contributed by atoms with Gasteiger partial charge in [0, 0.05) is 22.8 Å². The summed E-state index contributed by atoms with van der Waals surface area (Å²) < 4.78 is 4.88. The molecule has 0 aliphatic rings. The standard InChI is InChI=1S/C16H13ClN2O5/c1-10-13(17)3-2-4-14(10)18-15(20)9-24-16(21)11-5-7-12(8-6-11)19(22)23/h2-8H,9H2,1H3,(H,18,20). The first-order chi connectivity index (χ1) is 11.4. The molecule has 0 aromatic heterocycles. The zero-order chi connectivity index (χ0) is 17.7. The molecule has 7 nitrogen and oxygen atoms in total. The molecular formula is C16H13ClN2O5. The second kappa shape index (κ2) is 7.56. The van der Waals surface area contributed by atoms with Crippen molar-refractivity contribution in [1.29, 1.82) is 0 Å². The molecule has 2 rings (SSSR count). The molecule has 0 atom stereocenters. The third-order valence-corrected chi connectivity index (χ3v) is 3.60. The molecular weight excluding hydrogens is 336 g/mol. The van der Waals surface area contributed by atoms with Gasteiger partial charge in [-0.2, -0.15) is 0 Å². The molecule has 0 bridgehead atoms. The maximum absolute atomic E-state index is 11.8. The predicted octanol–water partition coefficient (Wildman–Crippen LogP) is 3.35. The lowest BCUT2D eigenvalue weighted by atomic mass is 10.2. The van der Waals surface area contributed by atoms with Gasteiger partial charge in [-0.15, -0.1) is 0 Å². The smallest absolute Gasteiger partial charge is 0.338 e. The number of benzene rings is 2. The molecule has 0 spiro atoms.